The fourth-order valence-corrected chi connectivity index (χ4v) is 4.22. The lowest BCUT2D eigenvalue weighted by atomic mass is 9.98. The number of carboxylic acids is 2. The summed E-state index contributed by atoms with van der Waals surface area (Å²) in [7, 11) is 0. The summed E-state index contributed by atoms with van der Waals surface area (Å²) in [5, 5.41) is 22.3. The Balaban J connectivity index is 1.70. The molecule has 0 aromatic heterocycles. The first-order valence-electron chi connectivity index (χ1n) is 12.4. The van der Waals surface area contributed by atoms with Gasteiger partial charge in [-0.15, -0.1) is 0 Å². The van der Waals surface area contributed by atoms with Gasteiger partial charge in [0.25, 0.3) is 0 Å². The zero-order valence-corrected chi connectivity index (χ0v) is 21.2. The van der Waals surface area contributed by atoms with E-state index < -0.39 is 29.9 Å². The Bertz CT molecular complexity index is 1160. The molecule has 0 aliphatic carbocycles. The number of carbonyl (C=O) groups is 3. The first-order chi connectivity index (χ1) is 17.7. The maximum absolute atomic E-state index is 13.2. The molecule has 0 bridgehead atoms. The Morgan fingerprint density at radius 2 is 1.24 bits per heavy atom. The van der Waals surface area contributed by atoms with E-state index in [0.29, 0.717) is 6.54 Å². The predicted molar refractivity (Wildman–Crippen MR) is 143 cm³/mol. The highest BCUT2D eigenvalue weighted by molar-refractivity contribution is 5.83. The van der Waals surface area contributed by atoms with Crippen LogP contribution in [-0.2, 0) is 22.4 Å². The predicted octanol–water partition coefficient (Wildman–Crippen LogP) is 4.96. The number of hydrogen-bond acceptors (Lipinski definition) is 3. The van der Waals surface area contributed by atoms with Gasteiger partial charge < -0.3 is 20.4 Å². The summed E-state index contributed by atoms with van der Waals surface area (Å²) in [6.45, 7) is 4.14. The molecule has 3 rings (SSSR count). The average molecular weight is 503 g/mol. The van der Waals surface area contributed by atoms with Gasteiger partial charge in [0.05, 0.1) is 5.92 Å². The molecule has 0 saturated carbocycles. The van der Waals surface area contributed by atoms with Crippen LogP contribution in [0.3, 0.4) is 0 Å². The second-order valence-corrected chi connectivity index (χ2v) is 9.63. The number of nitrogens with one attached hydrogen (secondary N) is 1. The van der Waals surface area contributed by atoms with Crippen molar-refractivity contribution in [1.29, 1.82) is 0 Å². The van der Waals surface area contributed by atoms with E-state index in [4.69, 9.17) is 0 Å². The van der Waals surface area contributed by atoms with Gasteiger partial charge in [-0.2, -0.15) is 0 Å². The fraction of sp³-hybridized carbons (Fsp3) is 0.300. The molecule has 0 aliphatic rings. The summed E-state index contributed by atoms with van der Waals surface area (Å²) in [4.78, 5) is 38.6. The molecule has 0 radical (unpaired) electrons. The van der Waals surface area contributed by atoms with Crippen LogP contribution < -0.4 is 5.32 Å². The number of carboxylic acid groups (broad SMARTS) is 2. The lowest BCUT2D eigenvalue weighted by Crippen LogP contribution is -2.51. The van der Waals surface area contributed by atoms with Crippen molar-refractivity contribution in [1.82, 2.24) is 10.2 Å². The summed E-state index contributed by atoms with van der Waals surface area (Å²) < 4.78 is 0. The highest BCUT2D eigenvalue weighted by atomic mass is 16.4. The van der Waals surface area contributed by atoms with Crippen molar-refractivity contribution < 1.29 is 24.6 Å². The highest BCUT2D eigenvalue weighted by Crippen LogP contribution is 2.20. The van der Waals surface area contributed by atoms with Crippen molar-refractivity contribution in [3.8, 4) is 11.1 Å². The SMILES string of the molecule is CC(C)CN(CC(Cc1ccccc1)C(=O)O)C(=O)N[C@@H](Cc1ccc(-c2ccccc2)cc1)C(=O)O. The van der Waals surface area contributed by atoms with Crippen LogP contribution in [-0.4, -0.2) is 52.2 Å². The van der Waals surface area contributed by atoms with Gasteiger partial charge in [-0.1, -0.05) is 98.8 Å². The minimum atomic E-state index is -1.15. The molecule has 3 N–H and O–H groups in total. The van der Waals surface area contributed by atoms with E-state index in [0.717, 1.165) is 22.3 Å². The minimum Gasteiger partial charge on any atom is -0.481 e. The molecule has 7 nitrogen and oxygen atoms in total. The zero-order chi connectivity index (χ0) is 26.8. The molecule has 3 aromatic carbocycles. The molecule has 194 valence electrons. The second kappa shape index (κ2) is 13.3. The third-order valence-corrected chi connectivity index (χ3v) is 6.08. The molecule has 37 heavy (non-hydrogen) atoms. The van der Waals surface area contributed by atoms with Crippen LogP contribution in [0.25, 0.3) is 11.1 Å². The molecule has 2 atom stereocenters. The van der Waals surface area contributed by atoms with Crippen molar-refractivity contribution in [2.24, 2.45) is 11.8 Å². The zero-order valence-electron chi connectivity index (χ0n) is 21.2. The Hall–Kier alpha value is -4.13. The maximum atomic E-state index is 13.2. The molecule has 0 saturated heterocycles. The van der Waals surface area contributed by atoms with Gasteiger partial charge >= 0.3 is 18.0 Å². The van der Waals surface area contributed by atoms with Crippen molar-refractivity contribution in [2.75, 3.05) is 13.1 Å². The van der Waals surface area contributed by atoms with E-state index >= 15 is 0 Å². The van der Waals surface area contributed by atoms with E-state index in [1.165, 1.54) is 4.90 Å². The first kappa shape index (κ1) is 27.5. The number of amides is 2. The number of nitrogens with zero attached hydrogens (tertiary/aromatic N) is 1. The standard InChI is InChI=1S/C30H34N2O5/c1-21(2)19-32(20-26(28(33)34)17-22-9-5-3-6-10-22)30(37)31-27(29(35)36)18-23-13-15-25(16-14-23)24-11-7-4-8-12-24/h3-16,21,26-27H,17-20H2,1-2H3,(H,31,37)(H,33,34)(H,35,36)/t26?,27-/m0/s1. The summed E-state index contributed by atoms with van der Waals surface area (Å²) in [5.74, 6) is -2.89. The molecule has 3 aromatic rings. The number of carbonyl (C=O) groups excluding carboxylic acids is 1. The Morgan fingerprint density at radius 1 is 0.703 bits per heavy atom. The van der Waals surface area contributed by atoms with Crippen LogP contribution >= 0.6 is 0 Å². The Morgan fingerprint density at radius 3 is 1.78 bits per heavy atom. The highest BCUT2D eigenvalue weighted by Gasteiger charge is 2.28. The number of benzene rings is 3. The summed E-state index contributed by atoms with van der Waals surface area (Å²) in [6.07, 6.45) is 0.381. The van der Waals surface area contributed by atoms with Crippen molar-refractivity contribution in [2.45, 2.75) is 32.7 Å². The van der Waals surface area contributed by atoms with Gasteiger partial charge in [0.15, 0.2) is 0 Å². The third kappa shape index (κ3) is 8.49. The lowest BCUT2D eigenvalue weighted by molar-refractivity contribution is -0.142. The van der Waals surface area contributed by atoms with Crippen LogP contribution in [0.1, 0.15) is 25.0 Å². The van der Waals surface area contributed by atoms with Gasteiger partial charge in [0, 0.05) is 19.5 Å². The monoisotopic (exact) mass is 502 g/mol. The third-order valence-electron chi connectivity index (χ3n) is 6.08. The van der Waals surface area contributed by atoms with Crippen LogP contribution in [0.2, 0.25) is 0 Å². The van der Waals surface area contributed by atoms with Gasteiger partial charge in [0.2, 0.25) is 0 Å². The quantitative estimate of drug-likeness (QED) is 0.325. The van der Waals surface area contributed by atoms with E-state index in [2.05, 4.69) is 5.32 Å². The topological polar surface area (TPSA) is 107 Å². The van der Waals surface area contributed by atoms with Crippen molar-refractivity contribution in [3.63, 3.8) is 0 Å². The fourth-order valence-electron chi connectivity index (χ4n) is 4.22. The number of aliphatic carboxylic acids is 2. The molecular formula is C30H34N2O5. The Kier molecular flexibility index (Phi) is 9.84. The van der Waals surface area contributed by atoms with Gasteiger partial charge in [-0.3, -0.25) is 4.79 Å². The summed E-state index contributed by atoms with van der Waals surface area (Å²) in [6, 6.07) is 25.0. The van der Waals surface area contributed by atoms with Crippen molar-refractivity contribution in [3.05, 3.63) is 96.1 Å². The molecule has 1 unspecified atom stereocenters. The normalized spacial score (nSPS) is 12.5. The van der Waals surface area contributed by atoms with E-state index in [1.54, 1.807) is 0 Å². The molecule has 0 fully saturated rings. The van der Waals surface area contributed by atoms with Gasteiger partial charge in [-0.05, 0) is 34.6 Å². The number of hydrogen-bond donors (Lipinski definition) is 3. The summed E-state index contributed by atoms with van der Waals surface area (Å²) >= 11 is 0. The summed E-state index contributed by atoms with van der Waals surface area (Å²) in [5.41, 5.74) is 3.71. The van der Waals surface area contributed by atoms with E-state index in [1.807, 2.05) is 98.8 Å². The molecule has 0 heterocycles. The lowest BCUT2D eigenvalue weighted by Gasteiger charge is -2.29. The van der Waals surface area contributed by atoms with Crippen LogP contribution in [0.4, 0.5) is 4.79 Å². The van der Waals surface area contributed by atoms with Crippen LogP contribution in [0.15, 0.2) is 84.9 Å². The Labute approximate surface area is 217 Å². The minimum absolute atomic E-state index is 0.0215. The smallest absolute Gasteiger partial charge is 0.326 e. The first-order valence-corrected chi connectivity index (χ1v) is 12.4. The molecule has 0 spiro atoms. The number of rotatable bonds is 12. The largest absolute Gasteiger partial charge is 0.481 e. The molecular weight excluding hydrogens is 468 g/mol. The second-order valence-electron chi connectivity index (χ2n) is 9.63. The molecule has 0 aliphatic heterocycles. The number of urea groups is 1. The molecule has 7 heteroatoms. The van der Waals surface area contributed by atoms with E-state index in [9.17, 15) is 24.6 Å². The van der Waals surface area contributed by atoms with Gasteiger partial charge in [0.1, 0.15) is 6.04 Å². The van der Waals surface area contributed by atoms with E-state index in [-0.39, 0.29) is 25.3 Å². The van der Waals surface area contributed by atoms with Crippen LogP contribution in [0.5, 0.6) is 0 Å². The average Bonchev–Trinajstić information content (AvgIpc) is 2.88. The maximum Gasteiger partial charge on any atom is 0.326 e. The van der Waals surface area contributed by atoms with Gasteiger partial charge in [-0.25, -0.2) is 9.59 Å². The molecule has 2 amide bonds. The van der Waals surface area contributed by atoms with Crippen LogP contribution in [0, 0.1) is 11.8 Å². The van der Waals surface area contributed by atoms with Crippen molar-refractivity contribution >= 4 is 18.0 Å².